The minimum atomic E-state index is -1.60. The molecular formula is C19H16F3N5O3. The van der Waals surface area contributed by atoms with Gasteiger partial charge in [0.05, 0.1) is 16.8 Å². The first kappa shape index (κ1) is 19.7. The number of benzene rings is 1. The van der Waals surface area contributed by atoms with Gasteiger partial charge in [0.1, 0.15) is 17.2 Å². The van der Waals surface area contributed by atoms with Gasteiger partial charge < -0.3 is 21.5 Å². The van der Waals surface area contributed by atoms with Crippen LogP contribution in [0.25, 0.3) is 16.7 Å². The highest BCUT2D eigenvalue weighted by Crippen LogP contribution is 2.30. The van der Waals surface area contributed by atoms with E-state index in [0.29, 0.717) is 12.6 Å². The highest BCUT2D eigenvalue weighted by molar-refractivity contribution is 5.92. The summed E-state index contributed by atoms with van der Waals surface area (Å²) in [6.07, 6.45) is 0.850. The Morgan fingerprint density at radius 1 is 1.20 bits per heavy atom. The van der Waals surface area contributed by atoms with Gasteiger partial charge in [0, 0.05) is 30.9 Å². The molecule has 0 amide bonds. The fraction of sp³-hybridized carbons (Fsp3) is 0.211. The maximum atomic E-state index is 14.8. The maximum absolute atomic E-state index is 14.8. The van der Waals surface area contributed by atoms with Crippen LogP contribution in [0.15, 0.2) is 29.2 Å². The lowest BCUT2D eigenvalue weighted by Gasteiger charge is -2.45. The predicted molar refractivity (Wildman–Crippen MR) is 103 cm³/mol. The molecule has 8 nitrogen and oxygen atoms in total. The van der Waals surface area contributed by atoms with Crippen LogP contribution in [0.3, 0.4) is 0 Å². The van der Waals surface area contributed by atoms with Crippen molar-refractivity contribution < 1.29 is 23.1 Å². The molecule has 1 aromatic carbocycles. The van der Waals surface area contributed by atoms with Crippen molar-refractivity contribution in [2.24, 2.45) is 5.73 Å². The van der Waals surface area contributed by atoms with E-state index in [0.717, 1.165) is 22.9 Å². The van der Waals surface area contributed by atoms with Crippen LogP contribution in [0.5, 0.6) is 0 Å². The Balaban J connectivity index is 2.07. The molecule has 1 aliphatic rings. The van der Waals surface area contributed by atoms with Gasteiger partial charge in [0.15, 0.2) is 17.3 Å². The van der Waals surface area contributed by atoms with Crippen molar-refractivity contribution in [1.82, 2.24) is 9.55 Å². The van der Waals surface area contributed by atoms with Crippen LogP contribution < -0.4 is 21.8 Å². The van der Waals surface area contributed by atoms with E-state index in [9.17, 15) is 27.9 Å². The first-order chi connectivity index (χ1) is 14.1. The van der Waals surface area contributed by atoms with E-state index in [-0.39, 0.29) is 34.6 Å². The van der Waals surface area contributed by atoms with Crippen molar-refractivity contribution in [1.29, 1.82) is 0 Å². The van der Waals surface area contributed by atoms with Crippen LogP contribution in [0, 0.1) is 17.5 Å². The molecular weight excluding hydrogens is 403 g/mol. The van der Waals surface area contributed by atoms with Crippen LogP contribution in [0.4, 0.5) is 24.7 Å². The van der Waals surface area contributed by atoms with Crippen molar-refractivity contribution >= 4 is 28.5 Å². The topological polar surface area (TPSA) is 127 Å². The molecule has 0 saturated carbocycles. The van der Waals surface area contributed by atoms with Crippen LogP contribution >= 0.6 is 0 Å². The summed E-state index contributed by atoms with van der Waals surface area (Å²) in [4.78, 5) is 29.8. The molecule has 1 fully saturated rings. The number of aromatic carboxylic acids is 1. The van der Waals surface area contributed by atoms with Gasteiger partial charge in [-0.25, -0.2) is 22.9 Å². The lowest BCUT2D eigenvalue weighted by molar-refractivity contribution is 0.0695. The maximum Gasteiger partial charge on any atom is 0.341 e. The highest BCUT2D eigenvalue weighted by atomic mass is 19.1. The summed E-state index contributed by atoms with van der Waals surface area (Å²) in [6.45, 7) is 2.08. The molecule has 2 atom stereocenters. The van der Waals surface area contributed by atoms with Crippen molar-refractivity contribution in [3.63, 3.8) is 0 Å². The second kappa shape index (κ2) is 6.73. The summed E-state index contributed by atoms with van der Waals surface area (Å²) in [6, 6.07) is 1.88. The van der Waals surface area contributed by atoms with Gasteiger partial charge in [-0.3, -0.25) is 9.36 Å². The molecule has 0 bridgehead atoms. The Labute approximate surface area is 167 Å². The fourth-order valence-corrected chi connectivity index (χ4v) is 3.41. The zero-order chi connectivity index (χ0) is 21.9. The molecule has 0 spiro atoms. The van der Waals surface area contributed by atoms with Gasteiger partial charge in [-0.1, -0.05) is 0 Å². The second-order valence-electron chi connectivity index (χ2n) is 7.09. The highest BCUT2D eigenvalue weighted by Gasteiger charge is 2.35. The van der Waals surface area contributed by atoms with Gasteiger partial charge in [-0.05, 0) is 19.1 Å². The first-order valence-electron chi connectivity index (χ1n) is 8.86. The Kier molecular flexibility index (Phi) is 4.42. The van der Waals surface area contributed by atoms with Gasteiger partial charge in [0.2, 0.25) is 5.43 Å². The summed E-state index contributed by atoms with van der Waals surface area (Å²) >= 11 is 0. The summed E-state index contributed by atoms with van der Waals surface area (Å²) in [5.74, 6) is -4.66. The Morgan fingerprint density at radius 2 is 1.90 bits per heavy atom. The summed E-state index contributed by atoms with van der Waals surface area (Å²) in [5, 5.41) is 8.98. The third-order valence-corrected chi connectivity index (χ3v) is 5.26. The first-order valence-corrected chi connectivity index (χ1v) is 8.86. The molecule has 3 aromatic rings. The average molecular weight is 419 g/mol. The standard InChI is InChI=1S/C19H16F3N5O3/c1-7-14(24)6-26(7)18-12(22)2-8-16(28)9(19(29)30)5-27(17(8)25-18)15-4-13(23)10(20)3-11(15)21/h2-5,7,14H,6,23-24H2,1H3,(H,29,30)/t7-,14+/m1/s1. The minimum absolute atomic E-state index is 0.122. The summed E-state index contributed by atoms with van der Waals surface area (Å²) in [7, 11) is 0. The third-order valence-electron chi connectivity index (χ3n) is 5.26. The SMILES string of the molecule is C[C@@H]1[C@@H](N)CN1c1nc2c(cc1F)c(=O)c(C(=O)O)cn2-c1cc(N)c(F)cc1F. The molecule has 4 rings (SSSR count). The van der Waals surface area contributed by atoms with Crippen LogP contribution in [0.2, 0.25) is 0 Å². The van der Waals surface area contributed by atoms with E-state index in [1.165, 1.54) is 0 Å². The number of rotatable bonds is 3. The number of nitrogens with two attached hydrogens (primary N) is 2. The number of carboxylic acids is 1. The number of hydrogen-bond acceptors (Lipinski definition) is 6. The zero-order valence-corrected chi connectivity index (χ0v) is 15.6. The molecule has 0 aliphatic carbocycles. The Bertz CT molecular complexity index is 1280. The minimum Gasteiger partial charge on any atom is -0.477 e. The number of anilines is 2. The quantitative estimate of drug-likeness (QED) is 0.551. The summed E-state index contributed by atoms with van der Waals surface area (Å²) in [5.41, 5.74) is 8.69. The molecule has 1 aliphatic heterocycles. The third kappa shape index (κ3) is 2.86. The van der Waals surface area contributed by atoms with Crippen LogP contribution in [0.1, 0.15) is 17.3 Å². The van der Waals surface area contributed by atoms with E-state index >= 15 is 0 Å². The Hall–Kier alpha value is -3.60. The predicted octanol–water partition coefficient (Wildman–Crippen LogP) is 1.62. The molecule has 3 heterocycles. The van der Waals surface area contributed by atoms with E-state index in [4.69, 9.17) is 11.5 Å². The van der Waals surface area contributed by atoms with E-state index < -0.39 is 40.1 Å². The van der Waals surface area contributed by atoms with Crippen molar-refractivity contribution in [2.45, 2.75) is 19.0 Å². The van der Waals surface area contributed by atoms with E-state index in [1.807, 2.05) is 0 Å². The molecule has 1 saturated heterocycles. The number of fused-ring (bicyclic) bond motifs is 1. The van der Waals surface area contributed by atoms with E-state index in [2.05, 4.69) is 4.98 Å². The molecule has 11 heteroatoms. The van der Waals surface area contributed by atoms with Crippen LogP contribution in [-0.2, 0) is 0 Å². The number of nitrogen functional groups attached to an aromatic ring is 1. The zero-order valence-electron chi connectivity index (χ0n) is 15.6. The van der Waals surface area contributed by atoms with Crippen LogP contribution in [-0.4, -0.2) is 39.3 Å². The number of aromatic nitrogens is 2. The average Bonchev–Trinajstić information content (AvgIpc) is 2.69. The molecule has 156 valence electrons. The number of pyridine rings is 2. The largest absolute Gasteiger partial charge is 0.477 e. The number of nitrogens with zero attached hydrogens (tertiary/aromatic N) is 3. The monoisotopic (exact) mass is 419 g/mol. The second-order valence-corrected chi connectivity index (χ2v) is 7.09. The van der Waals surface area contributed by atoms with Gasteiger partial charge >= 0.3 is 5.97 Å². The lowest BCUT2D eigenvalue weighted by Crippen LogP contribution is -2.63. The molecule has 30 heavy (non-hydrogen) atoms. The lowest BCUT2D eigenvalue weighted by atomic mass is 9.99. The van der Waals surface area contributed by atoms with Crippen molar-refractivity contribution in [3.05, 3.63) is 57.6 Å². The smallest absolute Gasteiger partial charge is 0.341 e. The number of hydrogen-bond donors (Lipinski definition) is 3. The van der Waals surface area contributed by atoms with E-state index in [1.54, 1.807) is 11.8 Å². The number of carboxylic acid groups (broad SMARTS) is 1. The fourth-order valence-electron chi connectivity index (χ4n) is 3.41. The molecule has 0 unspecified atom stereocenters. The van der Waals surface area contributed by atoms with Gasteiger partial charge in [0.25, 0.3) is 0 Å². The van der Waals surface area contributed by atoms with Crippen molar-refractivity contribution in [3.8, 4) is 5.69 Å². The van der Waals surface area contributed by atoms with Crippen molar-refractivity contribution in [2.75, 3.05) is 17.2 Å². The Morgan fingerprint density at radius 3 is 2.50 bits per heavy atom. The van der Waals surface area contributed by atoms with Gasteiger partial charge in [-0.2, -0.15) is 0 Å². The molecule has 0 radical (unpaired) electrons. The number of halogens is 3. The van der Waals surface area contributed by atoms with Gasteiger partial charge in [-0.15, -0.1) is 0 Å². The number of carbonyl (C=O) groups is 1. The normalized spacial score (nSPS) is 18.5. The molecule has 2 aromatic heterocycles. The molecule has 5 N–H and O–H groups in total. The summed E-state index contributed by atoms with van der Waals surface area (Å²) < 4.78 is 43.8.